The SMILES string of the molecule is C[C@H](NCC(N)=O)C1CCCCCC1. The van der Waals surface area contributed by atoms with Crippen molar-refractivity contribution < 1.29 is 4.79 Å². The zero-order valence-electron chi connectivity index (χ0n) is 9.09. The van der Waals surface area contributed by atoms with Crippen molar-refractivity contribution in [3.63, 3.8) is 0 Å². The molecule has 3 nitrogen and oxygen atoms in total. The summed E-state index contributed by atoms with van der Waals surface area (Å²) in [5.74, 6) is 0.474. The van der Waals surface area contributed by atoms with E-state index in [4.69, 9.17) is 5.73 Å². The van der Waals surface area contributed by atoms with Crippen molar-refractivity contribution in [1.29, 1.82) is 0 Å². The van der Waals surface area contributed by atoms with E-state index in [1.165, 1.54) is 38.5 Å². The highest BCUT2D eigenvalue weighted by atomic mass is 16.1. The normalized spacial score (nSPS) is 21.5. The van der Waals surface area contributed by atoms with Crippen molar-refractivity contribution in [1.82, 2.24) is 5.32 Å². The Labute approximate surface area is 86.4 Å². The maximum atomic E-state index is 10.6. The van der Waals surface area contributed by atoms with Crippen LogP contribution < -0.4 is 11.1 Å². The van der Waals surface area contributed by atoms with Crippen LogP contribution in [0.1, 0.15) is 45.4 Å². The van der Waals surface area contributed by atoms with Crippen molar-refractivity contribution in [2.45, 2.75) is 51.5 Å². The standard InChI is InChI=1S/C11H22N2O/c1-9(13-8-11(12)14)10-6-4-2-3-5-7-10/h9-10,13H,2-8H2,1H3,(H2,12,14)/t9-/m0/s1. The Morgan fingerprint density at radius 1 is 1.36 bits per heavy atom. The van der Waals surface area contributed by atoms with Crippen LogP contribution in [0.3, 0.4) is 0 Å². The number of carbonyl (C=O) groups is 1. The Bertz CT molecular complexity index is 174. The van der Waals surface area contributed by atoms with Crippen LogP contribution in [-0.4, -0.2) is 18.5 Å². The van der Waals surface area contributed by atoms with Gasteiger partial charge in [0, 0.05) is 6.04 Å². The van der Waals surface area contributed by atoms with E-state index in [0.29, 0.717) is 12.6 Å². The molecule has 0 heterocycles. The first kappa shape index (κ1) is 11.5. The van der Waals surface area contributed by atoms with E-state index in [9.17, 15) is 4.79 Å². The molecule has 14 heavy (non-hydrogen) atoms. The van der Waals surface area contributed by atoms with Gasteiger partial charge in [0.05, 0.1) is 6.54 Å². The van der Waals surface area contributed by atoms with Gasteiger partial charge in [0.25, 0.3) is 0 Å². The van der Waals surface area contributed by atoms with E-state index >= 15 is 0 Å². The molecule has 1 saturated carbocycles. The molecule has 1 amide bonds. The lowest BCUT2D eigenvalue weighted by Gasteiger charge is -2.22. The third-order valence-corrected chi connectivity index (χ3v) is 3.21. The predicted octanol–water partition coefficient (Wildman–Crippen LogP) is 1.42. The van der Waals surface area contributed by atoms with Crippen LogP contribution in [0.15, 0.2) is 0 Å². The van der Waals surface area contributed by atoms with Crippen molar-refractivity contribution in [3.8, 4) is 0 Å². The van der Waals surface area contributed by atoms with Gasteiger partial charge < -0.3 is 11.1 Å². The minimum absolute atomic E-state index is 0.259. The molecule has 0 unspecified atom stereocenters. The maximum absolute atomic E-state index is 10.6. The highest BCUT2D eigenvalue weighted by Gasteiger charge is 2.18. The number of hydrogen-bond acceptors (Lipinski definition) is 2. The molecule has 82 valence electrons. The van der Waals surface area contributed by atoms with Gasteiger partial charge in [-0.25, -0.2) is 0 Å². The minimum Gasteiger partial charge on any atom is -0.369 e. The van der Waals surface area contributed by atoms with Gasteiger partial charge in [-0.05, 0) is 25.7 Å². The Hall–Kier alpha value is -0.570. The Kier molecular flexibility index (Phi) is 4.94. The third kappa shape index (κ3) is 4.09. The summed E-state index contributed by atoms with van der Waals surface area (Å²) < 4.78 is 0. The molecule has 1 aliphatic carbocycles. The summed E-state index contributed by atoms with van der Waals surface area (Å²) in [5, 5.41) is 3.20. The maximum Gasteiger partial charge on any atom is 0.231 e. The minimum atomic E-state index is -0.259. The zero-order chi connectivity index (χ0) is 10.4. The fourth-order valence-corrected chi connectivity index (χ4v) is 2.24. The molecule has 0 spiro atoms. The third-order valence-electron chi connectivity index (χ3n) is 3.21. The smallest absolute Gasteiger partial charge is 0.231 e. The van der Waals surface area contributed by atoms with Crippen LogP contribution in [0.2, 0.25) is 0 Å². The molecule has 0 aromatic heterocycles. The van der Waals surface area contributed by atoms with Gasteiger partial charge >= 0.3 is 0 Å². The van der Waals surface area contributed by atoms with Gasteiger partial charge in [-0.15, -0.1) is 0 Å². The Morgan fingerprint density at radius 3 is 2.43 bits per heavy atom. The summed E-state index contributed by atoms with van der Waals surface area (Å²) in [6.07, 6.45) is 8.03. The van der Waals surface area contributed by atoms with Gasteiger partial charge in [0.2, 0.25) is 5.91 Å². The molecule has 3 heteroatoms. The molecule has 0 bridgehead atoms. The summed E-state index contributed by atoms with van der Waals surface area (Å²) in [7, 11) is 0. The van der Waals surface area contributed by atoms with Gasteiger partial charge in [0.1, 0.15) is 0 Å². The second-order valence-electron chi connectivity index (χ2n) is 4.39. The van der Waals surface area contributed by atoms with Crippen molar-refractivity contribution >= 4 is 5.91 Å². The number of amides is 1. The molecule has 0 radical (unpaired) electrons. The highest BCUT2D eigenvalue weighted by molar-refractivity contribution is 5.75. The fraction of sp³-hybridized carbons (Fsp3) is 0.909. The number of primary amides is 1. The Morgan fingerprint density at radius 2 is 1.93 bits per heavy atom. The number of hydrogen-bond donors (Lipinski definition) is 2. The van der Waals surface area contributed by atoms with Crippen LogP contribution in [0.5, 0.6) is 0 Å². The first-order valence-corrected chi connectivity index (χ1v) is 5.72. The largest absolute Gasteiger partial charge is 0.369 e. The van der Waals surface area contributed by atoms with Gasteiger partial charge in [-0.2, -0.15) is 0 Å². The van der Waals surface area contributed by atoms with E-state index < -0.39 is 0 Å². The summed E-state index contributed by atoms with van der Waals surface area (Å²) in [4.78, 5) is 10.6. The lowest BCUT2D eigenvalue weighted by atomic mass is 9.93. The molecule has 0 aromatic carbocycles. The topological polar surface area (TPSA) is 55.1 Å². The fourth-order valence-electron chi connectivity index (χ4n) is 2.24. The molecule has 1 atom stereocenters. The van der Waals surface area contributed by atoms with Gasteiger partial charge in [0.15, 0.2) is 0 Å². The summed E-state index contributed by atoms with van der Waals surface area (Å²) in [6.45, 7) is 2.48. The molecule has 0 aliphatic heterocycles. The van der Waals surface area contributed by atoms with Crippen molar-refractivity contribution in [3.05, 3.63) is 0 Å². The van der Waals surface area contributed by atoms with Crippen LogP contribution in [-0.2, 0) is 4.79 Å². The first-order chi connectivity index (χ1) is 6.70. The predicted molar refractivity (Wildman–Crippen MR) is 57.9 cm³/mol. The van der Waals surface area contributed by atoms with E-state index in [1.54, 1.807) is 0 Å². The molecule has 1 rings (SSSR count). The number of carbonyl (C=O) groups excluding carboxylic acids is 1. The molecule has 1 fully saturated rings. The number of nitrogens with one attached hydrogen (secondary N) is 1. The van der Waals surface area contributed by atoms with Crippen molar-refractivity contribution in [2.75, 3.05) is 6.54 Å². The van der Waals surface area contributed by atoms with E-state index in [0.717, 1.165) is 5.92 Å². The zero-order valence-corrected chi connectivity index (χ0v) is 9.09. The van der Waals surface area contributed by atoms with Crippen molar-refractivity contribution in [2.24, 2.45) is 11.7 Å². The molecule has 0 saturated heterocycles. The molecular formula is C11H22N2O. The summed E-state index contributed by atoms with van der Waals surface area (Å²) >= 11 is 0. The number of nitrogens with two attached hydrogens (primary N) is 1. The molecule has 1 aliphatic rings. The molecule has 0 aromatic rings. The second kappa shape index (κ2) is 6.02. The van der Waals surface area contributed by atoms with Gasteiger partial charge in [-0.1, -0.05) is 25.7 Å². The Balaban J connectivity index is 2.26. The second-order valence-corrected chi connectivity index (χ2v) is 4.39. The number of rotatable bonds is 4. The van der Waals surface area contributed by atoms with Crippen LogP contribution in [0.25, 0.3) is 0 Å². The molecular weight excluding hydrogens is 176 g/mol. The first-order valence-electron chi connectivity index (χ1n) is 5.72. The summed E-state index contributed by atoms with van der Waals surface area (Å²) in [5.41, 5.74) is 5.10. The van der Waals surface area contributed by atoms with E-state index in [-0.39, 0.29) is 5.91 Å². The molecule has 3 N–H and O–H groups in total. The lowest BCUT2D eigenvalue weighted by Crippen LogP contribution is -2.39. The van der Waals surface area contributed by atoms with E-state index in [1.807, 2.05) is 0 Å². The lowest BCUT2D eigenvalue weighted by molar-refractivity contribution is -0.117. The van der Waals surface area contributed by atoms with Gasteiger partial charge in [-0.3, -0.25) is 4.79 Å². The quantitative estimate of drug-likeness (QED) is 0.671. The average Bonchev–Trinajstić information content (AvgIpc) is 2.42. The monoisotopic (exact) mass is 198 g/mol. The van der Waals surface area contributed by atoms with Crippen LogP contribution in [0, 0.1) is 5.92 Å². The van der Waals surface area contributed by atoms with Crippen LogP contribution in [0.4, 0.5) is 0 Å². The summed E-state index contributed by atoms with van der Waals surface area (Å²) in [6, 6.07) is 0.431. The average molecular weight is 198 g/mol. The van der Waals surface area contributed by atoms with Crippen LogP contribution >= 0.6 is 0 Å². The van der Waals surface area contributed by atoms with E-state index in [2.05, 4.69) is 12.2 Å². The highest BCUT2D eigenvalue weighted by Crippen LogP contribution is 2.25.